The minimum atomic E-state index is 0.819. The molecule has 4 aromatic rings. The van der Waals surface area contributed by atoms with Crippen LogP contribution in [0.1, 0.15) is 22.3 Å². The number of rotatable bonds is 8. The molecule has 0 radical (unpaired) electrons. The highest BCUT2D eigenvalue weighted by atomic mass is 127. The van der Waals surface area contributed by atoms with E-state index in [2.05, 4.69) is 77.2 Å². The predicted molar refractivity (Wildman–Crippen MR) is 167 cm³/mol. The molecule has 0 fully saturated rings. The maximum Gasteiger partial charge on any atom is 0.118 e. The Balaban J connectivity index is 1.82. The standard InChI is InChI=1S/C34H29IO4/c1-36-26-13-5-22(6-14-26)32(23-7-15-27(37-2)16-8-23)30-21-31(35)34(25-11-19-29(39-4)20-12-25)33(30)24-9-17-28(38-3)18-10-24/h5-21H,1-4H3. The van der Waals surface area contributed by atoms with Crippen LogP contribution in [0, 0.1) is 0 Å². The molecule has 0 saturated carbocycles. The quantitative estimate of drug-likeness (QED) is 0.184. The van der Waals surface area contributed by atoms with Crippen molar-refractivity contribution in [3.8, 4) is 23.0 Å². The van der Waals surface area contributed by atoms with Crippen molar-refractivity contribution in [1.82, 2.24) is 0 Å². The van der Waals surface area contributed by atoms with Gasteiger partial charge in [0.15, 0.2) is 0 Å². The van der Waals surface area contributed by atoms with Crippen molar-refractivity contribution in [3.05, 3.63) is 135 Å². The van der Waals surface area contributed by atoms with E-state index in [1.165, 1.54) is 5.57 Å². The molecule has 0 unspecified atom stereocenters. The van der Waals surface area contributed by atoms with E-state index in [0.717, 1.165) is 65.6 Å². The highest BCUT2D eigenvalue weighted by Crippen LogP contribution is 2.49. The summed E-state index contributed by atoms with van der Waals surface area (Å²) < 4.78 is 23.0. The molecule has 0 spiro atoms. The summed E-state index contributed by atoms with van der Waals surface area (Å²) in [5.74, 6) is 3.29. The van der Waals surface area contributed by atoms with Crippen molar-refractivity contribution in [3.63, 3.8) is 0 Å². The Kier molecular flexibility index (Phi) is 8.07. The molecule has 0 aromatic heterocycles. The Hall–Kier alpha value is -3.97. The first kappa shape index (κ1) is 26.6. The zero-order valence-corrected chi connectivity index (χ0v) is 24.5. The summed E-state index contributed by atoms with van der Waals surface area (Å²) in [5.41, 5.74) is 9.04. The molecule has 1 aliphatic carbocycles. The van der Waals surface area contributed by atoms with E-state index >= 15 is 0 Å². The van der Waals surface area contributed by atoms with Gasteiger partial charge in [-0.05, 0) is 116 Å². The maximum atomic E-state index is 5.47. The molecule has 0 bridgehead atoms. The van der Waals surface area contributed by atoms with Crippen LogP contribution in [-0.4, -0.2) is 28.4 Å². The van der Waals surface area contributed by atoms with Crippen molar-refractivity contribution in [1.29, 1.82) is 0 Å². The number of ether oxygens (including phenoxy) is 4. The van der Waals surface area contributed by atoms with Crippen LogP contribution < -0.4 is 18.9 Å². The largest absolute Gasteiger partial charge is 0.497 e. The summed E-state index contributed by atoms with van der Waals surface area (Å²) in [7, 11) is 6.75. The Labute approximate surface area is 243 Å². The fourth-order valence-electron chi connectivity index (χ4n) is 4.81. The lowest BCUT2D eigenvalue weighted by Crippen LogP contribution is -1.97. The Bertz CT molecular complexity index is 1490. The van der Waals surface area contributed by atoms with Crippen LogP contribution >= 0.6 is 22.6 Å². The van der Waals surface area contributed by atoms with Gasteiger partial charge >= 0.3 is 0 Å². The molecule has 39 heavy (non-hydrogen) atoms. The lowest BCUT2D eigenvalue weighted by molar-refractivity contribution is 0.414. The number of benzene rings is 4. The van der Waals surface area contributed by atoms with Gasteiger partial charge in [-0.1, -0.05) is 48.5 Å². The van der Waals surface area contributed by atoms with Crippen LogP contribution in [0.2, 0.25) is 0 Å². The molecule has 0 saturated heterocycles. The third kappa shape index (κ3) is 5.45. The van der Waals surface area contributed by atoms with Crippen molar-refractivity contribution >= 4 is 39.3 Å². The predicted octanol–water partition coefficient (Wildman–Crippen LogP) is 8.47. The summed E-state index contributed by atoms with van der Waals surface area (Å²) >= 11 is 2.45. The van der Waals surface area contributed by atoms with Crippen LogP contribution in [0.3, 0.4) is 0 Å². The second-order valence-corrected chi connectivity index (χ2v) is 10.1. The van der Waals surface area contributed by atoms with Crippen LogP contribution in [0.4, 0.5) is 0 Å². The van der Waals surface area contributed by atoms with Gasteiger partial charge in [0.05, 0.1) is 28.4 Å². The van der Waals surface area contributed by atoms with Crippen molar-refractivity contribution in [2.24, 2.45) is 0 Å². The van der Waals surface area contributed by atoms with Gasteiger partial charge in [-0.3, -0.25) is 0 Å². The van der Waals surface area contributed by atoms with Gasteiger partial charge in [0.1, 0.15) is 23.0 Å². The van der Waals surface area contributed by atoms with Crippen LogP contribution in [0.5, 0.6) is 23.0 Å². The number of hydrogen-bond acceptors (Lipinski definition) is 4. The molecule has 0 N–H and O–H groups in total. The molecule has 196 valence electrons. The second-order valence-electron chi connectivity index (χ2n) is 8.94. The smallest absolute Gasteiger partial charge is 0.118 e. The van der Waals surface area contributed by atoms with Crippen LogP contribution in [-0.2, 0) is 0 Å². The zero-order chi connectivity index (χ0) is 27.4. The second kappa shape index (κ2) is 11.8. The maximum absolute atomic E-state index is 5.47. The lowest BCUT2D eigenvalue weighted by Gasteiger charge is -2.18. The van der Waals surface area contributed by atoms with Gasteiger partial charge in [0.2, 0.25) is 0 Å². The average Bonchev–Trinajstić information content (AvgIpc) is 3.34. The Morgan fingerprint density at radius 1 is 0.462 bits per heavy atom. The number of allylic oxidation sites excluding steroid dienone is 5. The minimum Gasteiger partial charge on any atom is -0.497 e. The molecule has 5 rings (SSSR count). The number of methoxy groups -OCH3 is 4. The fourth-order valence-corrected chi connectivity index (χ4v) is 5.71. The number of hydrogen-bond donors (Lipinski definition) is 0. The first-order valence-corrected chi connectivity index (χ1v) is 13.6. The Morgan fingerprint density at radius 3 is 1.15 bits per heavy atom. The van der Waals surface area contributed by atoms with E-state index < -0.39 is 0 Å². The van der Waals surface area contributed by atoms with Crippen LogP contribution in [0.25, 0.3) is 16.7 Å². The average molecular weight is 629 g/mol. The van der Waals surface area contributed by atoms with Gasteiger partial charge in [-0.2, -0.15) is 0 Å². The molecular formula is C34H29IO4. The summed E-state index contributed by atoms with van der Waals surface area (Å²) in [6, 6.07) is 33.0. The van der Waals surface area contributed by atoms with Crippen molar-refractivity contribution < 1.29 is 18.9 Å². The normalized spacial score (nSPS) is 12.7. The Morgan fingerprint density at radius 2 is 0.795 bits per heavy atom. The molecule has 5 heteroatoms. The molecule has 0 amide bonds. The molecule has 4 aromatic carbocycles. The van der Waals surface area contributed by atoms with E-state index in [0.29, 0.717) is 0 Å². The van der Waals surface area contributed by atoms with E-state index in [-0.39, 0.29) is 0 Å². The van der Waals surface area contributed by atoms with E-state index in [4.69, 9.17) is 18.9 Å². The first-order valence-electron chi connectivity index (χ1n) is 12.5. The molecular weight excluding hydrogens is 599 g/mol. The molecule has 1 aliphatic rings. The first-order chi connectivity index (χ1) is 19.1. The molecule has 0 heterocycles. The highest BCUT2D eigenvalue weighted by Gasteiger charge is 2.27. The van der Waals surface area contributed by atoms with E-state index in [9.17, 15) is 0 Å². The summed E-state index contributed by atoms with van der Waals surface area (Å²) in [6.07, 6.45) is 2.28. The molecule has 0 aliphatic heterocycles. The van der Waals surface area contributed by atoms with Crippen molar-refractivity contribution in [2.45, 2.75) is 0 Å². The molecule has 0 atom stereocenters. The third-order valence-electron chi connectivity index (χ3n) is 6.81. The van der Waals surface area contributed by atoms with Crippen molar-refractivity contribution in [2.75, 3.05) is 28.4 Å². The SMILES string of the molecule is COc1ccc(C2=C(c3ccc(OC)cc3)C(=C(c3ccc(OC)cc3)c3ccc(OC)cc3)C=C2I)cc1. The summed E-state index contributed by atoms with van der Waals surface area (Å²) in [5, 5.41) is 0. The fraction of sp³-hybridized carbons (Fsp3) is 0.118. The third-order valence-corrected chi connectivity index (χ3v) is 7.66. The van der Waals surface area contributed by atoms with Gasteiger partial charge < -0.3 is 18.9 Å². The van der Waals surface area contributed by atoms with E-state index in [1.807, 2.05) is 48.5 Å². The van der Waals surface area contributed by atoms with Gasteiger partial charge in [-0.25, -0.2) is 0 Å². The minimum absolute atomic E-state index is 0.819. The number of halogens is 1. The topological polar surface area (TPSA) is 36.9 Å². The summed E-state index contributed by atoms with van der Waals surface area (Å²) in [6.45, 7) is 0. The summed E-state index contributed by atoms with van der Waals surface area (Å²) in [4.78, 5) is 0. The molecule has 4 nitrogen and oxygen atoms in total. The van der Waals surface area contributed by atoms with Gasteiger partial charge in [0.25, 0.3) is 0 Å². The van der Waals surface area contributed by atoms with Gasteiger partial charge in [0, 0.05) is 9.15 Å². The van der Waals surface area contributed by atoms with E-state index in [1.54, 1.807) is 28.4 Å². The highest BCUT2D eigenvalue weighted by molar-refractivity contribution is 14.1. The van der Waals surface area contributed by atoms with Gasteiger partial charge in [-0.15, -0.1) is 0 Å². The zero-order valence-electron chi connectivity index (χ0n) is 22.3. The lowest BCUT2D eigenvalue weighted by atomic mass is 9.86. The van der Waals surface area contributed by atoms with Crippen LogP contribution in [0.15, 0.2) is 112 Å². The monoisotopic (exact) mass is 628 g/mol.